The van der Waals surface area contributed by atoms with Crippen LogP contribution in [0.1, 0.15) is 17.1 Å². The summed E-state index contributed by atoms with van der Waals surface area (Å²) in [5.74, 6) is 1.91. The molecule has 2 rings (SSSR count). The van der Waals surface area contributed by atoms with E-state index in [1.165, 1.54) is 0 Å². The molecule has 0 saturated carbocycles. The lowest BCUT2D eigenvalue weighted by molar-refractivity contribution is 0.461. The number of hydrogen-bond acceptors (Lipinski definition) is 3. The SMILES string of the molecule is Cc1ccc(CNCc2ccoc2)o1. The summed E-state index contributed by atoms with van der Waals surface area (Å²) >= 11 is 0. The van der Waals surface area contributed by atoms with Crippen molar-refractivity contribution in [3.63, 3.8) is 0 Å². The first kappa shape index (κ1) is 9.09. The van der Waals surface area contributed by atoms with Crippen LogP contribution in [0.5, 0.6) is 0 Å². The van der Waals surface area contributed by atoms with Crippen molar-refractivity contribution in [2.75, 3.05) is 0 Å². The van der Waals surface area contributed by atoms with Crippen molar-refractivity contribution in [2.45, 2.75) is 20.0 Å². The summed E-state index contributed by atoms with van der Waals surface area (Å²) in [6.07, 6.45) is 3.41. The monoisotopic (exact) mass is 191 g/mol. The number of furan rings is 2. The largest absolute Gasteiger partial charge is 0.472 e. The van der Waals surface area contributed by atoms with Gasteiger partial charge in [0.2, 0.25) is 0 Å². The molecule has 0 radical (unpaired) electrons. The zero-order valence-electron chi connectivity index (χ0n) is 8.12. The highest BCUT2D eigenvalue weighted by atomic mass is 16.3. The lowest BCUT2D eigenvalue weighted by atomic mass is 10.3. The number of nitrogens with one attached hydrogen (secondary N) is 1. The average molecular weight is 191 g/mol. The topological polar surface area (TPSA) is 38.3 Å². The third-order valence-corrected chi connectivity index (χ3v) is 2.00. The minimum atomic E-state index is 0.749. The van der Waals surface area contributed by atoms with E-state index < -0.39 is 0 Å². The predicted molar refractivity (Wildman–Crippen MR) is 52.7 cm³/mol. The molecule has 3 nitrogen and oxygen atoms in total. The first-order chi connectivity index (χ1) is 6.84. The first-order valence-electron chi connectivity index (χ1n) is 4.62. The van der Waals surface area contributed by atoms with E-state index in [4.69, 9.17) is 8.83 Å². The van der Waals surface area contributed by atoms with Crippen LogP contribution in [0.15, 0.2) is 39.6 Å². The van der Waals surface area contributed by atoms with E-state index in [1.807, 2.05) is 25.1 Å². The van der Waals surface area contributed by atoms with Crippen molar-refractivity contribution in [1.29, 1.82) is 0 Å². The molecular formula is C11H13NO2. The molecule has 2 aromatic rings. The molecule has 0 aromatic carbocycles. The van der Waals surface area contributed by atoms with Gasteiger partial charge in [0.25, 0.3) is 0 Å². The number of hydrogen-bond donors (Lipinski definition) is 1. The Kier molecular flexibility index (Phi) is 2.70. The summed E-state index contributed by atoms with van der Waals surface area (Å²) in [4.78, 5) is 0. The van der Waals surface area contributed by atoms with Crippen molar-refractivity contribution < 1.29 is 8.83 Å². The van der Waals surface area contributed by atoms with Crippen LogP contribution in [0, 0.1) is 6.92 Å². The lowest BCUT2D eigenvalue weighted by Gasteiger charge is -1.99. The van der Waals surface area contributed by atoms with E-state index >= 15 is 0 Å². The van der Waals surface area contributed by atoms with Crippen LogP contribution >= 0.6 is 0 Å². The molecule has 0 spiro atoms. The van der Waals surface area contributed by atoms with Gasteiger partial charge in [-0.2, -0.15) is 0 Å². The molecule has 2 aromatic heterocycles. The Bertz CT molecular complexity index is 376. The van der Waals surface area contributed by atoms with Crippen LogP contribution in [0.25, 0.3) is 0 Å². The third kappa shape index (κ3) is 2.26. The van der Waals surface area contributed by atoms with Crippen molar-refractivity contribution >= 4 is 0 Å². The van der Waals surface area contributed by atoms with Gasteiger partial charge in [0.05, 0.1) is 19.1 Å². The highest BCUT2D eigenvalue weighted by Crippen LogP contribution is 2.06. The fourth-order valence-electron chi connectivity index (χ4n) is 1.30. The van der Waals surface area contributed by atoms with Gasteiger partial charge in [0.15, 0.2) is 0 Å². The van der Waals surface area contributed by atoms with Crippen molar-refractivity contribution in [3.8, 4) is 0 Å². The summed E-state index contributed by atoms with van der Waals surface area (Å²) < 4.78 is 10.4. The molecule has 0 saturated heterocycles. The Hall–Kier alpha value is -1.48. The minimum absolute atomic E-state index is 0.749. The maximum atomic E-state index is 5.42. The summed E-state index contributed by atoms with van der Waals surface area (Å²) in [6.45, 7) is 3.49. The normalized spacial score (nSPS) is 10.6. The van der Waals surface area contributed by atoms with Crippen LogP contribution in [0.3, 0.4) is 0 Å². The van der Waals surface area contributed by atoms with E-state index in [-0.39, 0.29) is 0 Å². The van der Waals surface area contributed by atoms with Crippen molar-refractivity contribution in [1.82, 2.24) is 5.32 Å². The van der Waals surface area contributed by atoms with E-state index in [0.29, 0.717) is 0 Å². The van der Waals surface area contributed by atoms with Gasteiger partial charge in [0, 0.05) is 12.1 Å². The number of rotatable bonds is 4. The highest BCUT2D eigenvalue weighted by molar-refractivity contribution is 5.07. The smallest absolute Gasteiger partial charge is 0.117 e. The van der Waals surface area contributed by atoms with Gasteiger partial charge in [-0.1, -0.05) is 0 Å². The van der Waals surface area contributed by atoms with E-state index in [9.17, 15) is 0 Å². The van der Waals surface area contributed by atoms with Crippen LogP contribution in [-0.4, -0.2) is 0 Å². The predicted octanol–water partition coefficient (Wildman–Crippen LogP) is 2.47. The van der Waals surface area contributed by atoms with Crippen molar-refractivity contribution in [2.24, 2.45) is 0 Å². The van der Waals surface area contributed by atoms with E-state index in [0.717, 1.165) is 30.2 Å². The third-order valence-electron chi connectivity index (χ3n) is 2.00. The van der Waals surface area contributed by atoms with Crippen LogP contribution < -0.4 is 5.32 Å². The Morgan fingerprint density at radius 2 is 2.14 bits per heavy atom. The maximum Gasteiger partial charge on any atom is 0.117 e. The summed E-state index contributed by atoms with van der Waals surface area (Å²) in [6, 6.07) is 5.90. The van der Waals surface area contributed by atoms with Crippen LogP contribution in [0.4, 0.5) is 0 Å². The van der Waals surface area contributed by atoms with Gasteiger partial charge >= 0.3 is 0 Å². The Morgan fingerprint density at radius 3 is 2.79 bits per heavy atom. The molecule has 1 N–H and O–H groups in total. The second-order valence-electron chi connectivity index (χ2n) is 3.25. The molecule has 0 unspecified atom stereocenters. The second kappa shape index (κ2) is 4.15. The molecule has 74 valence electrons. The fourth-order valence-corrected chi connectivity index (χ4v) is 1.30. The maximum absolute atomic E-state index is 5.42. The molecule has 3 heteroatoms. The standard InChI is InChI=1S/C11H13NO2/c1-9-2-3-11(14-9)7-12-6-10-4-5-13-8-10/h2-5,8,12H,6-7H2,1H3. The van der Waals surface area contributed by atoms with E-state index in [2.05, 4.69) is 5.32 Å². The summed E-state index contributed by atoms with van der Waals surface area (Å²) in [5.41, 5.74) is 1.15. The van der Waals surface area contributed by atoms with E-state index in [1.54, 1.807) is 12.5 Å². The molecule has 0 bridgehead atoms. The molecule has 0 fully saturated rings. The van der Waals surface area contributed by atoms with Gasteiger partial charge < -0.3 is 14.2 Å². The molecule has 0 amide bonds. The molecular weight excluding hydrogens is 178 g/mol. The van der Waals surface area contributed by atoms with Gasteiger partial charge in [-0.05, 0) is 25.1 Å². The highest BCUT2D eigenvalue weighted by Gasteiger charge is 1.98. The Morgan fingerprint density at radius 1 is 1.21 bits per heavy atom. The van der Waals surface area contributed by atoms with Crippen molar-refractivity contribution in [3.05, 3.63) is 47.8 Å². The molecule has 2 heterocycles. The summed E-state index contributed by atoms with van der Waals surface area (Å²) in [7, 11) is 0. The van der Waals surface area contributed by atoms with Crippen LogP contribution in [0.2, 0.25) is 0 Å². The Balaban J connectivity index is 1.78. The summed E-state index contributed by atoms with van der Waals surface area (Å²) in [5, 5.41) is 3.26. The molecule has 0 aliphatic rings. The average Bonchev–Trinajstić information content (AvgIpc) is 2.77. The molecule has 0 atom stereocenters. The van der Waals surface area contributed by atoms with Gasteiger partial charge in [-0.3, -0.25) is 0 Å². The second-order valence-corrected chi connectivity index (χ2v) is 3.25. The minimum Gasteiger partial charge on any atom is -0.472 e. The zero-order valence-corrected chi connectivity index (χ0v) is 8.12. The molecule has 14 heavy (non-hydrogen) atoms. The zero-order chi connectivity index (χ0) is 9.80. The quantitative estimate of drug-likeness (QED) is 0.806. The molecule has 0 aliphatic carbocycles. The lowest BCUT2D eigenvalue weighted by Crippen LogP contribution is -2.11. The van der Waals surface area contributed by atoms with Gasteiger partial charge in [-0.15, -0.1) is 0 Å². The molecule has 0 aliphatic heterocycles. The Labute approximate surface area is 82.7 Å². The van der Waals surface area contributed by atoms with Gasteiger partial charge in [-0.25, -0.2) is 0 Å². The van der Waals surface area contributed by atoms with Crippen LogP contribution in [-0.2, 0) is 13.1 Å². The first-order valence-corrected chi connectivity index (χ1v) is 4.62. The van der Waals surface area contributed by atoms with Gasteiger partial charge in [0.1, 0.15) is 11.5 Å². The fraction of sp³-hybridized carbons (Fsp3) is 0.273. The number of aryl methyl sites for hydroxylation is 1.